The highest BCUT2D eigenvalue weighted by molar-refractivity contribution is 5.88. The van der Waals surface area contributed by atoms with Gasteiger partial charge in [0.2, 0.25) is 0 Å². The van der Waals surface area contributed by atoms with E-state index in [1.165, 1.54) is 32.9 Å². The number of ketones is 1. The molecule has 0 spiro atoms. The number of rotatable bonds is 2. The van der Waals surface area contributed by atoms with Crippen LogP contribution in [0.25, 0.3) is 6.08 Å². The van der Waals surface area contributed by atoms with Gasteiger partial charge in [-0.05, 0) is 37.1 Å². The zero-order chi connectivity index (χ0) is 28.0. The van der Waals surface area contributed by atoms with Crippen molar-refractivity contribution < 1.29 is 37.7 Å². The lowest BCUT2D eigenvalue weighted by atomic mass is 9.73. The normalized spacial score (nSPS) is 31.2. The molecule has 0 aromatic carbocycles. The molecule has 0 unspecified atom stereocenters. The number of carbonyl (C=O) groups excluding carboxylic acids is 2. The third-order valence-corrected chi connectivity index (χ3v) is 6.86. The summed E-state index contributed by atoms with van der Waals surface area (Å²) >= 11 is 0. The third kappa shape index (κ3) is 8.36. The minimum absolute atomic E-state index is 0.253. The van der Waals surface area contributed by atoms with Crippen LogP contribution < -0.4 is 0 Å². The van der Waals surface area contributed by atoms with Crippen molar-refractivity contribution in [2.75, 3.05) is 0 Å². The van der Waals surface area contributed by atoms with Crippen molar-refractivity contribution in [2.24, 2.45) is 17.3 Å². The van der Waals surface area contributed by atoms with Gasteiger partial charge in [0.1, 0.15) is 11.9 Å². The van der Waals surface area contributed by atoms with Gasteiger partial charge in [-0.25, -0.2) is 0 Å². The van der Waals surface area contributed by atoms with E-state index in [2.05, 4.69) is 4.98 Å². The van der Waals surface area contributed by atoms with Crippen LogP contribution in [0.5, 0.6) is 0 Å². The molecule has 2 rings (SSSR count). The summed E-state index contributed by atoms with van der Waals surface area (Å²) in [6.45, 7) is 7.70. The Bertz CT molecular complexity index is 1030. The van der Waals surface area contributed by atoms with E-state index < -0.39 is 71.9 Å². The van der Waals surface area contributed by atoms with Gasteiger partial charge in [-0.2, -0.15) is 13.2 Å². The smallest absolute Gasteiger partial charge is 0.412 e. The third-order valence-electron chi connectivity index (χ3n) is 6.86. The van der Waals surface area contributed by atoms with Crippen molar-refractivity contribution in [1.29, 1.82) is 0 Å². The zero-order valence-corrected chi connectivity index (χ0v) is 21.8. The van der Waals surface area contributed by atoms with Crippen LogP contribution in [0.3, 0.4) is 0 Å². The van der Waals surface area contributed by atoms with Gasteiger partial charge in [-0.1, -0.05) is 52.0 Å². The van der Waals surface area contributed by atoms with Gasteiger partial charge < -0.3 is 14.9 Å². The number of esters is 1. The molecule has 2 heterocycles. The minimum atomic E-state index is -4.62. The Balaban J connectivity index is 2.50. The molecule has 2 N–H and O–H groups in total. The molecule has 5 atom stereocenters. The maximum absolute atomic E-state index is 13.7. The second-order valence-electron chi connectivity index (χ2n) is 10.2. The Morgan fingerprint density at radius 1 is 1.19 bits per heavy atom. The second-order valence-corrected chi connectivity index (χ2v) is 10.2. The Morgan fingerprint density at radius 3 is 2.46 bits per heavy atom. The SMILES string of the molecule is C/C(=C\c1ccccn1)[C@@H]1C/C=C(/C(F)(F)F)C/C=C/[C@H](C)[C@H](O)[C@@H](C)C(=O)C(C)(C)[C@@H](O)CC(=O)O1. The summed E-state index contributed by atoms with van der Waals surface area (Å²) in [6, 6.07) is 5.17. The topological polar surface area (TPSA) is 96.7 Å². The van der Waals surface area contributed by atoms with Crippen LogP contribution in [0.1, 0.15) is 59.6 Å². The molecular formula is C28H36F3NO5. The number of hydrogen-bond acceptors (Lipinski definition) is 6. The Morgan fingerprint density at radius 2 is 1.86 bits per heavy atom. The zero-order valence-electron chi connectivity index (χ0n) is 21.8. The number of alkyl halides is 3. The summed E-state index contributed by atoms with van der Waals surface area (Å²) in [5.41, 5.74) is -1.19. The van der Waals surface area contributed by atoms with Gasteiger partial charge in [0.15, 0.2) is 0 Å². The first kappa shape index (κ1) is 30.4. The average Bonchev–Trinajstić information content (AvgIpc) is 2.82. The molecule has 1 aliphatic heterocycles. The number of carbonyl (C=O) groups is 2. The number of nitrogens with zero attached hydrogens (tertiary/aromatic N) is 1. The molecule has 1 aromatic rings. The van der Waals surface area contributed by atoms with Crippen LogP contribution in [-0.2, 0) is 14.3 Å². The number of ether oxygens (including phenoxy) is 1. The van der Waals surface area contributed by atoms with Crippen molar-refractivity contribution in [3.05, 3.63) is 59.5 Å². The highest BCUT2D eigenvalue weighted by Gasteiger charge is 2.42. The van der Waals surface area contributed by atoms with Gasteiger partial charge in [-0.15, -0.1) is 0 Å². The van der Waals surface area contributed by atoms with E-state index >= 15 is 0 Å². The predicted molar refractivity (Wildman–Crippen MR) is 134 cm³/mol. The minimum Gasteiger partial charge on any atom is -0.457 e. The van der Waals surface area contributed by atoms with Gasteiger partial charge in [0, 0.05) is 30.0 Å². The first-order valence-corrected chi connectivity index (χ1v) is 12.3. The Kier molecular flexibility index (Phi) is 10.4. The molecule has 204 valence electrons. The average molecular weight is 524 g/mol. The molecular weight excluding hydrogens is 487 g/mol. The van der Waals surface area contributed by atoms with Crippen LogP contribution in [0.15, 0.2) is 53.8 Å². The molecule has 0 fully saturated rings. The quantitative estimate of drug-likeness (QED) is 0.408. The monoisotopic (exact) mass is 523 g/mol. The fourth-order valence-corrected chi connectivity index (χ4v) is 4.18. The van der Waals surface area contributed by atoms with Crippen molar-refractivity contribution in [3.8, 4) is 0 Å². The van der Waals surface area contributed by atoms with Gasteiger partial charge in [0.25, 0.3) is 0 Å². The molecule has 9 heteroatoms. The molecule has 0 radical (unpaired) electrons. The Labute approximate surface area is 215 Å². The first-order valence-electron chi connectivity index (χ1n) is 12.3. The van der Waals surface area contributed by atoms with Crippen LogP contribution in [0, 0.1) is 17.3 Å². The molecule has 0 amide bonds. The predicted octanol–water partition coefficient (Wildman–Crippen LogP) is 5.21. The summed E-state index contributed by atoms with van der Waals surface area (Å²) < 4.78 is 46.8. The van der Waals surface area contributed by atoms with Crippen molar-refractivity contribution in [3.63, 3.8) is 0 Å². The number of cyclic esters (lactones) is 1. The Hall–Kier alpha value is -2.78. The van der Waals surface area contributed by atoms with Crippen molar-refractivity contribution in [1.82, 2.24) is 4.98 Å². The van der Waals surface area contributed by atoms with Gasteiger partial charge in [-0.3, -0.25) is 14.6 Å². The van der Waals surface area contributed by atoms with E-state index in [-0.39, 0.29) is 6.42 Å². The number of aliphatic hydroxyl groups excluding tert-OH is 2. The fourth-order valence-electron chi connectivity index (χ4n) is 4.18. The van der Waals surface area contributed by atoms with Gasteiger partial charge in [0.05, 0.1) is 29.7 Å². The number of aliphatic hydroxyl groups is 2. The molecule has 0 bridgehead atoms. The molecule has 0 saturated carbocycles. The standard InChI is InChI=1S/C28H36F3NO5/c1-17-9-8-10-20(28(29,30)31)12-13-22(18(2)15-21-11-6-7-14-32-21)37-24(34)16-23(33)27(4,5)26(36)19(3)25(17)35/h6-9,11-12,14-15,17,19,22-23,25,33,35H,10,13,16H2,1-5H3/b9-8+,18-15+,20-12+/t17-,19+,22-,23-,25-/m0/s1. The van der Waals surface area contributed by atoms with Gasteiger partial charge >= 0.3 is 12.1 Å². The summed E-state index contributed by atoms with van der Waals surface area (Å²) in [5.74, 6) is -2.87. The summed E-state index contributed by atoms with van der Waals surface area (Å²) in [5, 5.41) is 21.4. The highest BCUT2D eigenvalue weighted by atomic mass is 19.4. The number of halogens is 3. The summed E-state index contributed by atoms with van der Waals surface area (Å²) in [7, 11) is 0. The maximum Gasteiger partial charge on any atom is 0.412 e. The van der Waals surface area contributed by atoms with Crippen LogP contribution in [0.4, 0.5) is 13.2 Å². The number of hydrogen-bond donors (Lipinski definition) is 2. The molecule has 1 aromatic heterocycles. The lowest BCUT2D eigenvalue weighted by molar-refractivity contribution is -0.154. The van der Waals surface area contributed by atoms with E-state index in [0.29, 0.717) is 11.3 Å². The van der Waals surface area contributed by atoms with E-state index in [1.54, 1.807) is 44.3 Å². The highest BCUT2D eigenvalue weighted by Crippen LogP contribution is 2.33. The number of allylic oxidation sites excluding steroid dienone is 2. The lowest BCUT2D eigenvalue weighted by Crippen LogP contribution is -2.45. The van der Waals surface area contributed by atoms with E-state index in [9.17, 15) is 33.0 Å². The van der Waals surface area contributed by atoms with Crippen LogP contribution in [-0.4, -0.2) is 51.4 Å². The van der Waals surface area contributed by atoms with E-state index in [0.717, 1.165) is 6.08 Å². The second kappa shape index (κ2) is 12.6. The molecule has 1 aliphatic rings. The van der Waals surface area contributed by atoms with E-state index in [1.807, 2.05) is 0 Å². The molecule has 0 aliphatic carbocycles. The molecule has 6 nitrogen and oxygen atoms in total. The number of Topliss-reactive ketones (excluding diaryl/α,β-unsaturated/α-hetero) is 1. The number of aromatic nitrogens is 1. The summed E-state index contributed by atoms with van der Waals surface area (Å²) in [6.07, 6.45) is -2.58. The van der Waals surface area contributed by atoms with Crippen molar-refractivity contribution in [2.45, 2.75) is 78.4 Å². The largest absolute Gasteiger partial charge is 0.457 e. The number of pyridine rings is 1. The maximum atomic E-state index is 13.7. The fraction of sp³-hybridized carbons (Fsp3) is 0.536. The van der Waals surface area contributed by atoms with Crippen LogP contribution in [0.2, 0.25) is 0 Å². The van der Waals surface area contributed by atoms with Crippen molar-refractivity contribution >= 4 is 17.8 Å². The first-order chi connectivity index (χ1) is 17.1. The van der Waals surface area contributed by atoms with Crippen LogP contribution >= 0.6 is 0 Å². The van der Waals surface area contributed by atoms with E-state index in [4.69, 9.17) is 4.74 Å². The summed E-state index contributed by atoms with van der Waals surface area (Å²) in [4.78, 5) is 30.1. The molecule has 37 heavy (non-hydrogen) atoms. The lowest BCUT2D eigenvalue weighted by Gasteiger charge is -2.34. The molecule has 0 saturated heterocycles.